The Balaban J connectivity index is 1.98. The van der Waals surface area contributed by atoms with Gasteiger partial charge in [-0.3, -0.25) is 4.21 Å². The fourth-order valence-electron chi connectivity index (χ4n) is 1.78. The van der Waals surface area contributed by atoms with Crippen molar-refractivity contribution in [2.75, 3.05) is 12.3 Å². The molecule has 0 aromatic carbocycles. The van der Waals surface area contributed by atoms with Crippen LogP contribution in [0.3, 0.4) is 0 Å². The third kappa shape index (κ3) is 1.44. The highest BCUT2D eigenvalue weighted by Crippen LogP contribution is 2.48. The minimum atomic E-state index is -0.584. The SMILES string of the molecule is CC1CNC(C2(C)CC2)CS1=O. The van der Waals surface area contributed by atoms with Gasteiger partial charge in [0, 0.05) is 34.4 Å². The van der Waals surface area contributed by atoms with Crippen LogP contribution in [0.4, 0.5) is 0 Å². The van der Waals surface area contributed by atoms with Gasteiger partial charge in [-0.1, -0.05) is 6.92 Å². The van der Waals surface area contributed by atoms with E-state index in [-0.39, 0.29) is 0 Å². The van der Waals surface area contributed by atoms with Crippen LogP contribution >= 0.6 is 0 Å². The monoisotopic (exact) mass is 187 g/mol. The van der Waals surface area contributed by atoms with E-state index in [2.05, 4.69) is 19.2 Å². The largest absolute Gasteiger partial charge is 0.311 e. The molecular formula is C9H17NOS. The molecule has 2 rings (SSSR count). The van der Waals surface area contributed by atoms with Crippen LogP contribution in [0.1, 0.15) is 26.7 Å². The molecule has 70 valence electrons. The second-order valence-corrected chi connectivity index (χ2v) is 6.37. The first-order valence-corrected chi connectivity index (χ1v) is 6.10. The van der Waals surface area contributed by atoms with E-state index in [0.29, 0.717) is 16.7 Å². The molecule has 3 atom stereocenters. The summed E-state index contributed by atoms with van der Waals surface area (Å²) in [6.07, 6.45) is 2.63. The molecule has 0 aromatic rings. The molecule has 0 aromatic heterocycles. The first-order valence-electron chi connectivity index (χ1n) is 4.72. The maximum atomic E-state index is 11.6. The normalized spacial score (nSPS) is 45.7. The topological polar surface area (TPSA) is 29.1 Å². The Labute approximate surface area is 76.6 Å². The predicted octanol–water partition coefficient (Wildman–Crippen LogP) is 0.896. The molecule has 1 aliphatic carbocycles. The van der Waals surface area contributed by atoms with Crippen molar-refractivity contribution in [1.82, 2.24) is 5.32 Å². The summed E-state index contributed by atoms with van der Waals surface area (Å²) in [5.41, 5.74) is 0.482. The van der Waals surface area contributed by atoms with Crippen LogP contribution < -0.4 is 5.32 Å². The highest BCUT2D eigenvalue weighted by Gasteiger charge is 2.46. The zero-order valence-electron chi connectivity index (χ0n) is 7.80. The molecule has 1 N–H and O–H groups in total. The minimum absolute atomic E-state index is 0.351. The van der Waals surface area contributed by atoms with Crippen molar-refractivity contribution in [3.63, 3.8) is 0 Å². The van der Waals surface area contributed by atoms with E-state index in [9.17, 15) is 4.21 Å². The quantitative estimate of drug-likeness (QED) is 0.660. The van der Waals surface area contributed by atoms with E-state index >= 15 is 0 Å². The van der Waals surface area contributed by atoms with Crippen LogP contribution in [0.2, 0.25) is 0 Å². The van der Waals surface area contributed by atoms with Crippen molar-refractivity contribution in [2.24, 2.45) is 5.41 Å². The lowest BCUT2D eigenvalue weighted by Gasteiger charge is -2.31. The molecule has 2 nitrogen and oxygen atoms in total. The Morgan fingerprint density at radius 1 is 1.50 bits per heavy atom. The Morgan fingerprint density at radius 2 is 2.17 bits per heavy atom. The smallest absolute Gasteiger partial charge is 0.0445 e. The predicted molar refractivity (Wildman–Crippen MR) is 51.6 cm³/mol. The van der Waals surface area contributed by atoms with E-state index < -0.39 is 10.8 Å². The molecule has 1 saturated heterocycles. The number of hydrogen-bond donors (Lipinski definition) is 1. The first-order chi connectivity index (χ1) is 5.62. The molecule has 0 radical (unpaired) electrons. The maximum Gasteiger partial charge on any atom is 0.0445 e. The van der Waals surface area contributed by atoms with Gasteiger partial charge in [-0.25, -0.2) is 0 Å². The van der Waals surface area contributed by atoms with E-state index in [1.807, 2.05) is 0 Å². The van der Waals surface area contributed by atoms with Gasteiger partial charge in [-0.2, -0.15) is 0 Å². The Hall–Kier alpha value is 0.110. The summed E-state index contributed by atoms with van der Waals surface area (Å²) in [4.78, 5) is 0. The highest BCUT2D eigenvalue weighted by molar-refractivity contribution is 7.85. The average Bonchev–Trinajstić information content (AvgIpc) is 2.75. The van der Waals surface area contributed by atoms with Crippen molar-refractivity contribution >= 4 is 10.8 Å². The molecule has 0 spiro atoms. The average molecular weight is 187 g/mol. The molecule has 0 bridgehead atoms. The van der Waals surface area contributed by atoms with Gasteiger partial charge in [0.15, 0.2) is 0 Å². The fraction of sp³-hybridized carbons (Fsp3) is 1.00. The molecule has 3 heteroatoms. The summed E-state index contributed by atoms with van der Waals surface area (Å²) < 4.78 is 11.6. The molecule has 0 amide bonds. The summed E-state index contributed by atoms with van der Waals surface area (Å²) in [7, 11) is -0.584. The fourth-order valence-corrected chi connectivity index (χ4v) is 3.24. The van der Waals surface area contributed by atoms with Crippen molar-refractivity contribution in [3.8, 4) is 0 Å². The van der Waals surface area contributed by atoms with Crippen LogP contribution in [-0.4, -0.2) is 27.8 Å². The summed E-state index contributed by atoms with van der Waals surface area (Å²) in [5.74, 6) is 0.873. The molecular weight excluding hydrogens is 170 g/mol. The summed E-state index contributed by atoms with van der Waals surface area (Å²) in [5, 5.41) is 3.86. The van der Waals surface area contributed by atoms with Gasteiger partial charge in [0.25, 0.3) is 0 Å². The standard InChI is InChI=1S/C9H17NOS/c1-7-5-10-8(6-12(7)11)9(2)3-4-9/h7-8,10H,3-6H2,1-2H3. The van der Waals surface area contributed by atoms with Gasteiger partial charge in [-0.15, -0.1) is 0 Å². The summed E-state index contributed by atoms with van der Waals surface area (Å²) >= 11 is 0. The third-order valence-electron chi connectivity index (χ3n) is 3.31. The van der Waals surface area contributed by atoms with Crippen molar-refractivity contribution in [1.29, 1.82) is 0 Å². The van der Waals surface area contributed by atoms with E-state index in [1.165, 1.54) is 12.8 Å². The molecule has 2 aliphatic rings. The lowest BCUT2D eigenvalue weighted by Crippen LogP contribution is -2.50. The number of hydrogen-bond acceptors (Lipinski definition) is 2. The zero-order valence-corrected chi connectivity index (χ0v) is 8.62. The molecule has 2 fully saturated rings. The summed E-state index contributed by atoms with van der Waals surface area (Å²) in [6, 6.07) is 0.523. The van der Waals surface area contributed by atoms with Gasteiger partial charge in [0.05, 0.1) is 0 Å². The zero-order chi connectivity index (χ0) is 8.77. The van der Waals surface area contributed by atoms with Crippen LogP contribution in [0.5, 0.6) is 0 Å². The first kappa shape index (κ1) is 8.70. The van der Waals surface area contributed by atoms with Crippen molar-refractivity contribution < 1.29 is 4.21 Å². The molecule has 3 unspecified atom stereocenters. The van der Waals surface area contributed by atoms with Gasteiger partial charge in [0.2, 0.25) is 0 Å². The lowest BCUT2D eigenvalue weighted by atomic mass is 10.0. The second-order valence-electron chi connectivity index (χ2n) is 4.47. The van der Waals surface area contributed by atoms with E-state index in [1.54, 1.807) is 0 Å². The highest BCUT2D eigenvalue weighted by atomic mass is 32.2. The van der Waals surface area contributed by atoms with Gasteiger partial charge in [-0.05, 0) is 25.2 Å². The van der Waals surface area contributed by atoms with Crippen LogP contribution in [-0.2, 0) is 10.8 Å². The number of rotatable bonds is 1. The van der Waals surface area contributed by atoms with Gasteiger partial charge in [0.1, 0.15) is 0 Å². The van der Waals surface area contributed by atoms with Crippen LogP contribution in [0, 0.1) is 5.41 Å². The van der Waals surface area contributed by atoms with Crippen molar-refractivity contribution in [2.45, 2.75) is 38.0 Å². The maximum absolute atomic E-state index is 11.6. The molecule has 1 aliphatic heterocycles. The van der Waals surface area contributed by atoms with E-state index in [0.717, 1.165) is 12.3 Å². The minimum Gasteiger partial charge on any atom is -0.311 e. The Kier molecular flexibility index (Phi) is 2.04. The van der Waals surface area contributed by atoms with Gasteiger partial charge >= 0.3 is 0 Å². The van der Waals surface area contributed by atoms with Crippen LogP contribution in [0.15, 0.2) is 0 Å². The summed E-state index contributed by atoms with van der Waals surface area (Å²) in [6.45, 7) is 5.30. The molecule has 1 heterocycles. The molecule has 12 heavy (non-hydrogen) atoms. The lowest BCUT2D eigenvalue weighted by molar-refractivity contribution is 0.375. The van der Waals surface area contributed by atoms with Gasteiger partial charge < -0.3 is 5.32 Å². The van der Waals surface area contributed by atoms with E-state index in [4.69, 9.17) is 0 Å². The Morgan fingerprint density at radius 3 is 2.67 bits per heavy atom. The Bertz CT molecular complexity index is 213. The van der Waals surface area contributed by atoms with Crippen LogP contribution in [0.25, 0.3) is 0 Å². The third-order valence-corrected chi connectivity index (χ3v) is 5.04. The number of nitrogens with one attached hydrogen (secondary N) is 1. The second kappa shape index (κ2) is 2.81. The molecule has 1 saturated carbocycles. The van der Waals surface area contributed by atoms with Crippen molar-refractivity contribution in [3.05, 3.63) is 0 Å².